The van der Waals surface area contributed by atoms with E-state index in [0.717, 1.165) is 0 Å². The number of rotatable bonds is 5. The van der Waals surface area contributed by atoms with E-state index in [1.807, 2.05) is 0 Å². The standard InChI is InChI=1S/C16H13F2N3O3S/c1-9(10-2-4-11(5-3-10)24-15(17)18)20-13(22)12-8-19-16-21(14(12)23)6-7-25-16/h2-9,15H,1H3,(H,20,22). The van der Waals surface area contributed by atoms with Crippen LogP contribution in [0.15, 0.2) is 46.8 Å². The van der Waals surface area contributed by atoms with E-state index in [1.165, 1.54) is 34.1 Å². The molecule has 2 aromatic heterocycles. The molecular weight excluding hydrogens is 352 g/mol. The number of carbonyl (C=O) groups excluding carboxylic acids is 1. The predicted octanol–water partition coefficient (Wildman–Crippen LogP) is 2.85. The van der Waals surface area contributed by atoms with Gasteiger partial charge in [-0.3, -0.25) is 14.0 Å². The van der Waals surface area contributed by atoms with Crippen molar-refractivity contribution < 1.29 is 18.3 Å². The van der Waals surface area contributed by atoms with E-state index in [4.69, 9.17) is 0 Å². The third-order valence-electron chi connectivity index (χ3n) is 3.54. The zero-order valence-electron chi connectivity index (χ0n) is 13.0. The minimum atomic E-state index is -2.89. The molecule has 0 saturated carbocycles. The molecule has 25 heavy (non-hydrogen) atoms. The van der Waals surface area contributed by atoms with Gasteiger partial charge in [0.2, 0.25) is 0 Å². The first-order valence-electron chi connectivity index (χ1n) is 7.26. The van der Waals surface area contributed by atoms with E-state index < -0.39 is 24.1 Å². The number of hydrogen-bond acceptors (Lipinski definition) is 5. The number of halogens is 2. The van der Waals surface area contributed by atoms with Gasteiger partial charge in [-0.2, -0.15) is 8.78 Å². The number of alkyl halides is 2. The molecule has 1 aromatic carbocycles. The van der Waals surface area contributed by atoms with Crippen LogP contribution in [0, 0.1) is 0 Å². The van der Waals surface area contributed by atoms with Crippen molar-refractivity contribution in [3.05, 3.63) is 63.5 Å². The van der Waals surface area contributed by atoms with Crippen LogP contribution in [0.1, 0.15) is 28.9 Å². The highest BCUT2D eigenvalue weighted by Gasteiger charge is 2.17. The molecule has 0 bridgehead atoms. The molecule has 6 nitrogen and oxygen atoms in total. The highest BCUT2D eigenvalue weighted by molar-refractivity contribution is 7.15. The molecule has 0 radical (unpaired) electrons. The lowest BCUT2D eigenvalue weighted by atomic mass is 10.1. The zero-order valence-corrected chi connectivity index (χ0v) is 13.8. The van der Waals surface area contributed by atoms with Crippen LogP contribution >= 0.6 is 11.3 Å². The van der Waals surface area contributed by atoms with Gasteiger partial charge in [-0.1, -0.05) is 12.1 Å². The van der Waals surface area contributed by atoms with Gasteiger partial charge in [-0.25, -0.2) is 4.98 Å². The lowest BCUT2D eigenvalue weighted by Crippen LogP contribution is -2.32. The van der Waals surface area contributed by atoms with Crippen LogP contribution in [-0.4, -0.2) is 21.9 Å². The molecule has 9 heteroatoms. The van der Waals surface area contributed by atoms with Gasteiger partial charge in [0.25, 0.3) is 11.5 Å². The Morgan fingerprint density at radius 2 is 2.04 bits per heavy atom. The Balaban J connectivity index is 1.75. The van der Waals surface area contributed by atoms with Crippen LogP contribution in [0.25, 0.3) is 4.96 Å². The molecular formula is C16H13F2N3O3S. The Hall–Kier alpha value is -2.81. The van der Waals surface area contributed by atoms with Crippen molar-refractivity contribution in [2.24, 2.45) is 0 Å². The van der Waals surface area contributed by atoms with Crippen LogP contribution in [0.2, 0.25) is 0 Å². The summed E-state index contributed by atoms with van der Waals surface area (Å²) >= 11 is 1.29. The molecule has 1 unspecified atom stereocenters. The maximum atomic E-state index is 12.3. The van der Waals surface area contributed by atoms with Crippen molar-refractivity contribution in [1.82, 2.24) is 14.7 Å². The summed E-state index contributed by atoms with van der Waals surface area (Å²) in [7, 11) is 0. The number of thiazole rings is 1. The average molecular weight is 365 g/mol. The van der Waals surface area contributed by atoms with Gasteiger partial charge in [-0.15, -0.1) is 11.3 Å². The smallest absolute Gasteiger partial charge is 0.387 e. The predicted molar refractivity (Wildman–Crippen MR) is 88.3 cm³/mol. The molecule has 0 aliphatic carbocycles. The summed E-state index contributed by atoms with van der Waals surface area (Å²) in [5.74, 6) is -0.527. The average Bonchev–Trinajstić information content (AvgIpc) is 3.04. The van der Waals surface area contributed by atoms with Crippen LogP contribution < -0.4 is 15.6 Å². The van der Waals surface area contributed by atoms with Crippen molar-refractivity contribution in [2.75, 3.05) is 0 Å². The van der Waals surface area contributed by atoms with E-state index >= 15 is 0 Å². The van der Waals surface area contributed by atoms with E-state index in [1.54, 1.807) is 30.6 Å². The first kappa shape index (κ1) is 17.0. The summed E-state index contributed by atoms with van der Waals surface area (Å²) in [6, 6.07) is 5.47. The number of carbonyl (C=O) groups is 1. The second-order valence-corrected chi connectivity index (χ2v) is 6.05. The molecule has 1 N–H and O–H groups in total. The molecule has 1 atom stereocenters. The first-order chi connectivity index (χ1) is 12.0. The second-order valence-electron chi connectivity index (χ2n) is 5.18. The van der Waals surface area contributed by atoms with Crippen molar-refractivity contribution in [3.8, 4) is 5.75 Å². The lowest BCUT2D eigenvalue weighted by Gasteiger charge is -2.14. The Morgan fingerprint density at radius 1 is 1.32 bits per heavy atom. The molecule has 2 heterocycles. The van der Waals surface area contributed by atoms with Gasteiger partial charge >= 0.3 is 6.61 Å². The normalized spacial score (nSPS) is 12.3. The summed E-state index contributed by atoms with van der Waals surface area (Å²) in [6.07, 6.45) is 2.80. The van der Waals surface area contributed by atoms with Gasteiger partial charge in [0.15, 0.2) is 4.96 Å². The number of nitrogens with zero attached hydrogens (tertiary/aromatic N) is 2. The molecule has 0 aliphatic rings. The molecule has 0 aliphatic heterocycles. The SMILES string of the molecule is CC(NC(=O)c1cnc2sccn2c1=O)c1ccc(OC(F)F)cc1. The lowest BCUT2D eigenvalue weighted by molar-refractivity contribution is -0.0498. The Labute approximate surface area is 144 Å². The van der Waals surface area contributed by atoms with Gasteiger partial charge in [0.05, 0.1) is 6.04 Å². The van der Waals surface area contributed by atoms with E-state index in [2.05, 4.69) is 15.0 Å². The maximum absolute atomic E-state index is 12.3. The van der Waals surface area contributed by atoms with E-state index in [0.29, 0.717) is 10.5 Å². The molecule has 3 rings (SSSR count). The number of ether oxygens (including phenoxy) is 1. The minimum absolute atomic E-state index is 0.0302. The van der Waals surface area contributed by atoms with Crippen LogP contribution in [-0.2, 0) is 0 Å². The van der Waals surface area contributed by atoms with Gasteiger partial charge < -0.3 is 10.1 Å². The maximum Gasteiger partial charge on any atom is 0.387 e. The van der Waals surface area contributed by atoms with Gasteiger partial charge in [-0.05, 0) is 24.6 Å². The van der Waals surface area contributed by atoms with Crippen LogP contribution in [0.5, 0.6) is 5.75 Å². The molecule has 0 fully saturated rings. The second kappa shape index (κ2) is 6.98. The fourth-order valence-electron chi connectivity index (χ4n) is 2.28. The Morgan fingerprint density at radius 3 is 2.72 bits per heavy atom. The van der Waals surface area contributed by atoms with E-state index in [-0.39, 0.29) is 11.3 Å². The fourth-order valence-corrected chi connectivity index (χ4v) is 2.95. The van der Waals surface area contributed by atoms with Crippen molar-refractivity contribution in [2.45, 2.75) is 19.6 Å². The number of fused-ring (bicyclic) bond motifs is 1. The summed E-state index contributed by atoms with van der Waals surface area (Å²) in [6.45, 7) is -1.18. The summed E-state index contributed by atoms with van der Waals surface area (Å²) < 4.78 is 29.9. The summed E-state index contributed by atoms with van der Waals surface area (Å²) in [5, 5.41) is 4.40. The third-order valence-corrected chi connectivity index (χ3v) is 4.31. The molecule has 3 aromatic rings. The third kappa shape index (κ3) is 3.66. The largest absolute Gasteiger partial charge is 0.435 e. The number of aromatic nitrogens is 2. The summed E-state index contributed by atoms with van der Waals surface area (Å²) in [5.41, 5.74) is 0.164. The quantitative estimate of drug-likeness (QED) is 0.755. The van der Waals surface area contributed by atoms with Crippen molar-refractivity contribution in [3.63, 3.8) is 0 Å². The van der Waals surface area contributed by atoms with Crippen molar-refractivity contribution in [1.29, 1.82) is 0 Å². The number of hydrogen-bond donors (Lipinski definition) is 1. The van der Waals surface area contributed by atoms with E-state index in [9.17, 15) is 18.4 Å². The molecule has 130 valence electrons. The Bertz CT molecular complexity index is 953. The first-order valence-corrected chi connectivity index (χ1v) is 8.14. The number of nitrogens with one attached hydrogen (secondary N) is 1. The highest BCUT2D eigenvalue weighted by Crippen LogP contribution is 2.19. The van der Waals surface area contributed by atoms with Crippen LogP contribution in [0.4, 0.5) is 8.78 Å². The monoisotopic (exact) mass is 365 g/mol. The Kier molecular flexibility index (Phi) is 4.75. The molecule has 0 spiro atoms. The number of amides is 1. The molecule has 0 saturated heterocycles. The minimum Gasteiger partial charge on any atom is -0.435 e. The highest BCUT2D eigenvalue weighted by atomic mass is 32.1. The van der Waals surface area contributed by atoms with Gasteiger partial charge in [0, 0.05) is 17.8 Å². The summed E-state index contributed by atoms with van der Waals surface area (Å²) in [4.78, 5) is 29.2. The van der Waals surface area contributed by atoms with Crippen molar-refractivity contribution >= 4 is 22.2 Å². The number of benzene rings is 1. The topological polar surface area (TPSA) is 72.7 Å². The van der Waals surface area contributed by atoms with Gasteiger partial charge in [0.1, 0.15) is 11.3 Å². The zero-order chi connectivity index (χ0) is 18.0. The molecule has 1 amide bonds. The van der Waals surface area contributed by atoms with Crippen LogP contribution in [0.3, 0.4) is 0 Å². The fraction of sp³-hybridized carbons (Fsp3) is 0.188.